The van der Waals surface area contributed by atoms with Gasteiger partial charge in [-0.2, -0.15) is 0 Å². The highest BCUT2D eigenvalue weighted by Crippen LogP contribution is 2.30. The number of amides is 1. The first-order valence-corrected chi connectivity index (χ1v) is 10.9. The van der Waals surface area contributed by atoms with E-state index in [-0.39, 0.29) is 17.3 Å². The Labute approximate surface area is 175 Å². The number of nitrogens with zero attached hydrogens (tertiary/aromatic N) is 1. The number of methoxy groups -OCH3 is 1. The van der Waals surface area contributed by atoms with Gasteiger partial charge in [0.05, 0.1) is 22.2 Å². The Morgan fingerprint density at radius 3 is 2.25 bits per heavy atom. The van der Waals surface area contributed by atoms with E-state index in [1.165, 1.54) is 19.2 Å². The molecule has 8 heteroatoms. The smallest absolute Gasteiger partial charge is 0.264 e. The highest BCUT2D eigenvalue weighted by Gasteiger charge is 2.29. The van der Waals surface area contributed by atoms with Crippen LogP contribution in [-0.4, -0.2) is 33.5 Å². The number of halogens is 1. The van der Waals surface area contributed by atoms with Crippen molar-refractivity contribution in [3.05, 3.63) is 52.5 Å². The van der Waals surface area contributed by atoms with Gasteiger partial charge < -0.3 is 10.1 Å². The maximum atomic E-state index is 13.4. The molecule has 6 nitrogen and oxygen atoms in total. The van der Waals surface area contributed by atoms with Gasteiger partial charge in [0.25, 0.3) is 10.0 Å². The molecule has 2 aromatic rings. The molecule has 152 valence electrons. The molecule has 0 aliphatic rings. The minimum Gasteiger partial charge on any atom is -0.496 e. The van der Waals surface area contributed by atoms with E-state index in [2.05, 4.69) is 21.2 Å². The standard InChI is InChI=1S/C20H25BrN2O4S/c1-14-6-8-15(9-7-14)23(13-19(24)22-20(2,3)4)28(25,26)16-10-11-18(27-5)17(21)12-16/h6-12H,13H2,1-5H3,(H,22,24). The molecule has 0 aliphatic carbocycles. The van der Waals surface area contributed by atoms with E-state index < -0.39 is 15.6 Å². The van der Waals surface area contributed by atoms with E-state index >= 15 is 0 Å². The molecule has 28 heavy (non-hydrogen) atoms. The van der Waals surface area contributed by atoms with Crippen molar-refractivity contribution in [3.63, 3.8) is 0 Å². The Hall–Kier alpha value is -2.06. The molecule has 2 aromatic carbocycles. The van der Waals surface area contributed by atoms with Gasteiger partial charge in [-0.1, -0.05) is 17.7 Å². The average Bonchev–Trinajstić information content (AvgIpc) is 2.59. The molecule has 0 spiro atoms. The Morgan fingerprint density at radius 1 is 1.14 bits per heavy atom. The molecule has 1 N–H and O–H groups in total. The van der Waals surface area contributed by atoms with Crippen molar-refractivity contribution in [2.45, 2.75) is 38.1 Å². The number of ether oxygens (including phenoxy) is 1. The fourth-order valence-corrected chi connectivity index (χ4v) is 4.69. The quantitative estimate of drug-likeness (QED) is 0.697. The Balaban J connectivity index is 2.48. The number of aryl methyl sites for hydroxylation is 1. The molecule has 0 atom stereocenters. The summed E-state index contributed by atoms with van der Waals surface area (Å²) < 4.78 is 33.5. The molecule has 0 fully saturated rings. The molecule has 0 bridgehead atoms. The first kappa shape index (κ1) is 22.2. The van der Waals surface area contributed by atoms with Crippen molar-refractivity contribution < 1.29 is 17.9 Å². The topological polar surface area (TPSA) is 75.7 Å². The minimum absolute atomic E-state index is 0.0595. The molecule has 0 aliphatic heterocycles. The number of sulfonamides is 1. The molecular weight excluding hydrogens is 444 g/mol. The van der Waals surface area contributed by atoms with Crippen molar-refractivity contribution >= 4 is 37.5 Å². The molecular formula is C20H25BrN2O4S. The summed E-state index contributed by atoms with van der Waals surface area (Å²) in [5, 5.41) is 2.81. The zero-order chi connectivity index (χ0) is 21.1. The highest BCUT2D eigenvalue weighted by atomic mass is 79.9. The number of nitrogens with one attached hydrogen (secondary N) is 1. The molecule has 0 saturated heterocycles. The summed E-state index contributed by atoms with van der Waals surface area (Å²) in [6.45, 7) is 7.12. The normalized spacial score (nSPS) is 11.8. The lowest BCUT2D eigenvalue weighted by Crippen LogP contribution is -2.47. The second-order valence-corrected chi connectivity index (χ2v) is 10.2. The lowest BCUT2D eigenvalue weighted by Gasteiger charge is -2.27. The monoisotopic (exact) mass is 468 g/mol. The summed E-state index contributed by atoms with van der Waals surface area (Å²) in [5.41, 5.74) is 0.942. The Morgan fingerprint density at radius 2 is 1.75 bits per heavy atom. The predicted octanol–water partition coefficient (Wildman–Crippen LogP) is 3.88. The second-order valence-electron chi connectivity index (χ2n) is 7.44. The van der Waals surface area contributed by atoms with Crippen molar-refractivity contribution in [2.75, 3.05) is 18.0 Å². The lowest BCUT2D eigenvalue weighted by molar-refractivity contribution is -0.121. The summed E-state index contributed by atoms with van der Waals surface area (Å²) in [6, 6.07) is 11.5. The summed E-state index contributed by atoms with van der Waals surface area (Å²) >= 11 is 3.32. The van der Waals surface area contributed by atoms with Crippen LogP contribution < -0.4 is 14.4 Å². The average molecular weight is 469 g/mol. The summed E-state index contributed by atoms with van der Waals surface area (Å²) in [7, 11) is -2.47. The first-order valence-electron chi connectivity index (χ1n) is 8.68. The van der Waals surface area contributed by atoms with Gasteiger partial charge in [0.1, 0.15) is 12.3 Å². The number of anilines is 1. The largest absolute Gasteiger partial charge is 0.496 e. The number of carbonyl (C=O) groups is 1. The van der Waals surface area contributed by atoms with E-state index in [4.69, 9.17) is 4.74 Å². The van der Waals surface area contributed by atoms with E-state index in [0.29, 0.717) is 15.9 Å². The van der Waals surface area contributed by atoms with Gasteiger partial charge in [-0.15, -0.1) is 0 Å². The van der Waals surface area contributed by atoms with E-state index in [1.54, 1.807) is 18.2 Å². The van der Waals surface area contributed by atoms with Crippen LogP contribution >= 0.6 is 15.9 Å². The number of hydrogen-bond acceptors (Lipinski definition) is 4. The van der Waals surface area contributed by atoms with Crippen LogP contribution in [0.1, 0.15) is 26.3 Å². The number of benzene rings is 2. The SMILES string of the molecule is COc1ccc(S(=O)(=O)N(CC(=O)NC(C)(C)C)c2ccc(C)cc2)cc1Br. The van der Waals surface area contributed by atoms with Crippen LogP contribution in [0.4, 0.5) is 5.69 Å². The van der Waals surface area contributed by atoms with Gasteiger partial charge in [-0.05, 0) is 74.0 Å². The maximum absolute atomic E-state index is 13.4. The molecule has 0 radical (unpaired) electrons. The van der Waals surface area contributed by atoms with Crippen molar-refractivity contribution in [1.29, 1.82) is 0 Å². The lowest BCUT2D eigenvalue weighted by atomic mass is 10.1. The van der Waals surface area contributed by atoms with Crippen molar-refractivity contribution in [3.8, 4) is 5.75 Å². The van der Waals surface area contributed by atoms with Crippen LogP contribution in [0.15, 0.2) is 51.8 Å². The van der Waals surface area contributed by atoms with Gasteiger partial charge >= 0.3 is 0 Å². The third-order valence-corrected chi connectivity index (χ3v) is 6.22. The second kappa shape index (κ2) is 8.53. The summed E-state index contributed by atoms with van der Waals surface area (Å²) in [5.74, 6) is 0.135. The van der Waals surface area contributed by atoms with Crippen LogP contribution in [0.3, 0.4) is 0 Å². The van der Waals surface area contributed by atoms with Crippen molar-refractivity contribution in [1.82, 2.24) is 5.32 Å². The van der Waals surface area contributed by atoms with Gasteiger partial charge in [-0.3, -0.25) is 9.10 Å². The van der Waals surface area contributed by atoms with E-state index in [0.717, 1.165) is 9.87 Å². The van der Waals surface area contributed by atoms with Gasteiger partial charge in [0.2, 0.25) is 5.91 Å². The van der Waals surface area contributed by atoms with Crippen LogP contribution in [0.5, 0.6) is 5.75 Å². The van der Waals surface area contributed by atoms with Crippen LogP contribution in [0.2, 0.25) is 0 Å². The summed E-state index contributed by atoms with van der Waals surface area (Å²) in [6.07, 6.45) is 0. The van der Waals surface area contributed by atoms with Crippen LogP contribution in [0.25, 0.3) is 0 Å². The Kier molecular flexibility index (Phi) is 6.77. The third-order valence-electron chi connectivity index (χ3n) is 3.83. The molecule has 0 heterocycles. The van der Waals surface area contributed by atoms with Crippen molar-refractivity contribution in [2.24, 2.45) is 0 Å². The third kappa shape index (κ3) is 5.48. The fourth-order valence-electron chi connectivity index (χ4n) is 2.55. The van der Waals surface area contributed by atoms with Crippen LogP contribution in [-0.2, 0) is 14.8 Å². The maximum Gasteiger partial charge on any atom is 0.264 e. The van der Waals surface area contributed by atoms with Gasteiger partial charge in [0.15, 0.2) is 0 Å². The molecule has 1 amide bonds. The number of rotatable bonds is 6. The van der Waals surface area contributed by atoms with E-state index in [9.17, 15) is 13.2 Å². The molecule has 0 aromatic heterocycles. The number of hydrogen-bond donors (Lipinski definition) is 1. The van der Waals surface area contributed by atoms with Crippen LogP contribution in [0, 0.1) is 6.92 Å². The predicted molar refractivity (Wildman–Crippen MR) is 114 cm³/mol. The first-order chi connectivity index (χ1) is 12.9. The molecule has 0 unspecified atom stereocenters. The van der Waals surface area contributed by atoms with Gasteiger partial charge in [-0.25, -0.2) is 8.42 Å². The highest BCUT2D eigenvalue weighted by molar-refractivity contribution is 9.10. The van der Waals surface area contributed by atoms with Gasteiger partial charge in [0, 0.05) is 5.54 Å². The summed E-state index contributed by atoms with van der Waals surface area (Å²) in [4.78, 5) is 12.6. The molecule has 2 rings (SSSR count). The molecule has 0 saturated carbocycles. The number of carbonyl (C=O) groups excluding carboxylic acids is 1. The zero-order valence-corrected chi connectivity index (χ0v) is 19.0. The fraction of sp³-hybridized carbons (Fsp3) is 0.350. The van der Waals surface area contributed by atoms with E-state index in [1.807, 2.05) is 39.8 Å². The minimum atomic E-state index is -3.98. The Bertz CT molecular complexity index is 951. The zero-order valence-electron chi connectivity index (χ0n) is 16.6.